The van der Waals surface area contributed by atoms with E-state index >= 15 is 0 Å². The molecule has 21 heavy (non-hydrogen) atoms. The van der Waals surface area contributed by atoms with Crippen molar-refractivity contribution < 1.29 is 4.74 Å². The van der Waals surface area contributed by atoms with Crippen molar-refractivity contribution in [1.29, 1.82) is 0 Å². The predicted molar refractivity (Wildman–Crippen MR) is 92.5 cm³/mol. The molecule has 0 aromatic heterocycles. The third kappa shape index (κ3) is 6.71. The Kier molecular flexibility index (Phi) is 9.53. The summed E-state index contributed by atoms with van der Waals surface area (Å²) in [5, 5.41) is -0.0125. The molecule has 1 unspecified atom stereocenters. The van der Waals surface area contributed by atoms with Crippen LogP contribution in [0.5, 0.6) is 5.75 Å². The zero-order valence-corrected chi connectivity index (χ0v) is 14.5. The molecule has 0 spiro atoms. The standard InChI is InChI=1S/C18H30ClNO/c1-4-7-13-20(14-8-5-2)15-17(19)16-11-9-10-12-18(16)21-6-3/h9-12,17H,4-8,13-15H2,1-3H3. The minimum atomic E-state index is -0.0125. The van der Waals surface area contributed by atoms with Gasteiger partial charge < -0.3 is 9.64 Å². The minimum absolute atomic E-state index is 0.0125. The van der Waals surface area contributed by atoms with Crippen LogP contribution in [0.15, 0.2) is 24.3 Å². The molecule has 0 saturated carbocycles. The molecule has 0 bridgehead atoms. The van der Waals surface area contributed by atoms with Crippen LogP contribution >= 0.6 is 11.6 Å². The number of unbranched alkanes of at least 4 members (excludes halogenated alkanes) is 2. The third-order valence-electron chi connectivity index (χ3n) is 3.63. The molecule has 0 saturated heterocycles. The Morgan fingerprint density at radius 1 is 1.05 bits per heavy atom. The first kappa shape index (κ1) is 18.3. The highest BCUT2D eigenvalue weighted by Crippen LogP contribution is 2.30. The summed E-state index contributed by atoms with van der Waals surface area (Å²) < 4.78 is 5.70. The Morgan fingerprint density at radius 2 is 1.67 bits per heavy atom. The Balaban J connectivity index is 2.68. The second kappa shape index (κ2) is 10.9. The van der Waals surface area contributed by atoms with Crippen molar-refractivity contribution in [2.24, 2.45) is 0 Å². The van der Waals surface area contributed by atoms with Crippen LogP contribution in [0.3, 0.4) is 0 Å². The van der Waals surface area contributed by atoms with E-state index in [1.54, 1.807) is 0 Å². The topological polar surface area (TPSA) is 12.5 Å². The quantitative estimate of drug-likeness (QED) is 0.516. The van der Waals surface area contributed by atoms with Gasteiger partial charge in [-0.3, -0.25) is 0 Å². The van der Waals surface area contributed by atoms with Crippen LogP contribution in [0, 0.1) is 0 Å². The molecule has 0 aliphatic heterocycles. The predicted octanol–water partition coefficient (Wildman–Crippen LogP) is 5.27. The first-order valence-electron chi connectivity index (χ1n) is 8.31. The van der Waals surface area contributed by atoms with Crippen molar-refractivity contribution in [3.8, 4) is 5.75 Å². The molecule has 0 radical (unpaired) electrons. The molecule has 3 heteroatoms. The maximum absolute atomic E-state index is 6.68. The lowest BCUT2D eigenvalue weighted by atomic mass is 10.1. The molecular weight excluding hydrogens is 282 g/mol. The Morgan fingerprint density at radius 3 is 2.24 bits per heavy atom. The van der Waals surface area contributed by atoms with Gasteiger partial charge >= 0.3 is 0 Å². The summed E-state index contributed by atoms with van der Waals surface area (Å²) in [5.74, 6) is 0.922. The number of hydrogen-bond acceptors (Lipinski definition) is 2. The Hall–Kier alpha value is -0.730. The smallest absolute Gasteiger partial charge is 0.124 e. The second-order valence-electron chi connectivity index (χ2n) is 5.45. The average Bonchev–Trinajstić information content (AvgIpc) is 2.50. The van der Waals surface area contributed by atoms with Gasteiger partial charge in [0.25, 0.3) is 0 Å². The van der Waals surface area contributed by atoms with Gasteiger partial charge in [-0.25, -0.2) is 0 Å². The second-order valence-corrected chi connectivity index (χ2v) is 5.97. The van der Waals surface area contributed by atoms with E-state index in [1.165, 1.54) is 25.7 Å². The van der Waals surface area contributed by atoms with Gasteiger partial charge in [0.2, 0.25) is 0 Å². The largest absolute Gasteiger partial charge is 0.494 e. The molecule has 1 aromatic rings. The van der Waals surface area contributed by atoms with Crippen LogP contribution in [-0.4, -0.2) is 31.1 Å². The van der Waals surface area contributed by atoms with Crippen molar-refractivity contribution in [2.75, 3.05) is 26.2 Å². The zero-order valence-electron chi connectivity index (χ0n) is 13.8. The fourth-order valence-corrected chi connectivity index (χ4v) is 2.78. The van der Waals surface area contributed by atoms with Gasteiger partial charge in [0, 0.05) is 12.1 Å². The van der Waals surface area contributed by atoms with Gasteiger partial charge in [0.1, 0.15) is 5.75 Å². The molecular formula is C18H30ClNO. The number of alkyl halides is 1. The average molecular weight is 312 g/mol. The van der Waals surface area contributed by atoms with Gasteiger partial charge in [0.05, 0.1) is 12.0 Å². The SMILES string of the molecule is CCCCN(CCCC)CC(Cl)c1ccccc1OCC. The van der Waals surface area contributed by atoms with E-state index in [9.17, 15) is 0 Å². The highest BCUT2D eigenvalue weighted by atomic mass is 35.5. The molecule has 0 amide bonds. The molecule has 0 fully saturated rings. The number of ether oxygens (including phenoxy) is 1. The van der Waals surface area contributed by atoms with E-state index in [0.717, 1.165) is 30.9 Å². The normalized spacial score (nSPS) is 12.6. The first-order valence-corrected chi connectivity index (χ1v) is 8.74. The highest BCUT2D eigenvalue weighted by molar-refractivity contribution is 6.21. The minimum Gasteiger partial charge on any atom is -0.494 e. The number of halogens is 1. The van der Waals surface area contributed by atoms with Gasteiger partial charge in [-0.05, 0) is 38.9 Å². The molecule has 2 nitrogen and oxygen atoms in total. The summed E-state index contributed by atoms with van der Waals surface area (Å²) in [6.45, 7) is 10.3. The van der Waals surface area contributed by atoms with Crippen molar-refractivity contribution in [3.63, 3.8) is 0 Å². The van der Waals surface area contributed by atoms with E-state index in [-0.39, 0.29) is 5.38 Å². The summed E-state index contributed by atoms with van der Waals surface area (Å²) in [7, 11) is 0. The number of para-hydroxylation sites is 1. The van der Waals surface area contributed by atoms with Crippen LogP contribution in [-0.2, 0) is 0 Å². The monoisotopic (exact) mass is 311 g/mol. The molecule has 1 aromatic carbocycles. The van der Waals surface area contributed by atoms with Crippen LogP contribution in [0.2, 0.25) is 0 Å². The molecule has 0 aliphatic carbocycles. The summed E-state index contributed by atoms with van der Waals surface area (Å²) in [6.07, 6.45) is 4.93. The molecule has 0 aliphatic rings. The fraction of sp³-hybridized carbons (Fsp3) is 0.667. The number of benzene rings is 1. The van der Waals surface area contributed by atoms with Crippen molar-refractivity contribution in [3.05, 3.63) is 29.8 Å². The van der Waals surface area contributed by atoms with Crippen LogP contribution in [0.4, 0.5) is 0 Å². The van der Waals surface area contributed by atoms with E-state index in [2.05, 4.69) is 24.8 Å². The maximum atomic E-state index is 6.68. The van der Waals surface area contributed by atoms with Crippen LogP contribution < -0.4 is 4.74 Å². The van der Waals surface area contributed by atoms with Gasteiger partial charge in [-0.15, -0.1) is 11.6 Å². The van der Waals surface area contributed by atoms with Gasteiger partial charge in [0.15, 0.2) is 0 Å². The zero-order chi connectivity index (χ0) is 15.5. The molecule has 0 heterocycles. The van der Waals surface area contributed by atoms with Gasteiger partial charge in [-0.1, -0.05) is 44.9 Å². The lowest BCUT2D eigenvalue weighted by Gasteiger charge is -2.25. The number of nitrogens with zero attached hydrogens (tertiary/aromatic N) is 1. The molecule has 0 N–H and O–H groups in total. The maximum Gasteiger partial charge on any atom is 0.124 e. The van der Waals surface area contributed by atoms with E-state index in [4.69, 9.17) is 16.3 Å². The van der Waals surface area contributed by atoms with E-state index < -0.39 is 0 Å². The highest BCUT2D eigenvalue weighted by Gasteiger charge is 2.16. The first-order chi connectivity index (χ1) is 10.2. The fourth-order valence-electron chi connectivity index (χ4n) is 2.41. The Bertz CT molecular complexity index is 375. The van der Waals surface area contributed by atoms with Gasteiger partial charge in [-0.2, -0.15) is 0 Å². The molecule has 1 atom stereocenters. The van der Waals surface area contributed by atoms with E-state index in [1.807, 2.05) is 25.1 Å². The molecule has 120 valence electrons. The third-order valence-corrected chi connectivity index (χ3v) is 4.00. The van der Waals surface area contributed by atoms with E-state index in [0.29, 0.717) is 6.61 Å². The van der Waals surface area contributed by atoms with Crippen LogP contribution in [0.1, 0.15) is 57.4 Å². The lowest BCUT2D eigenvalue weighted by Crippen LogP contribution is -2.29. The summed E-state index contributed by atoms with van der Waals surface area (Å²) in [4.78, 5) is 2.49. The Labute approximate surface area is 135 Å². The molecule has 1 rings (SSSR count). The van der Waals surface area contributed by atoms with Crippen molar-refractivity contribution >= 4 is 11.6 Å². The summed E-state index contributed by atoms with van der Waals surface area (Å²) in [6, 6.07) is 8.14. The summed E-state index contributed by atoms with van der Waals surface area (Å²) in [5.41, 5.74) is 1.11. The van der Waals surface area contributed by atoms with Crippen molar-refractivity contribution in [2.45, 2.75) is 51.8 Å². The lowest BCUT2D eigenvalue weighted by molar-refractivity contribution is 0.263. The number of hydrogen-bond donors (Lipinski definition) is 0. The number of rotatable bonds is 11. The summed E-state index contributed by atoms with van der Waals surface area (Å²) >= 11 is 6.68. The van der Waals surface area contributed by atoms with Crippen LogP contribution in [0.25, 0.3) is 0 Å². The van der Waals surface area contributed by atoms with Crippen molar-refractivity contribution in [1.82, 2.24) is 4.90 Å².